The van der Waals surface area contributed by atoms with Crippen molar-refractivity contribution >= 4 is 31.1 Å². The van der Waals surface area contributed by atoms with Crippen molar-refractivity contribution in [1.29, 1.82) is 0 Å². The monoisotopic (exact) mass is 389 g/mol. The van der Waals surface area contributed by atoms with Crippen molar-refractivity contribution in [3.05, 3.63) is 66.2 Å². The van der Waals surface area contributed by atoms with Crippen molar-refractivity contribution in [2.45, 2.75) is 31.6 Å². The van der Waals surface area contributed by atoms with Gasteiger partial charge < -0.3 is 0 Å². The van der Waals surface area contributed by atoms with Gasteiger partial charge in [0.1, 0.15) is 0 Å². The van der Waals surface area contributed by atoms with Crippen LogP contribution >= 0.6 is 0 Å². The molecule has 24 heavy (non-hydrogen) atoms. The first-order valence-corrected chi connectivity index (χ1v) is 9.97. The Labute approximate surface area is 150 Å². The molecule has 0 saturated carbocycles. The van der Waals surface area contributed by atoms with Gasteiger partial charge in [-0.15, -0.1) is 0 Å². The van der Waals surface area contributed by atoms with Crippen LogP contribution in [-0.4, -0.2) is 33.2 Å². The Balaban J connectivity index is 2.23. The fourth-order valence-corrected chi connectivity index (χ4v) is 4.38. The molecule has 2 aromatic carbocycles. The molecule has 0 saturated heterocycles. The third kappa shape index (κ3) is 5.33. The van der Waals surface area contributed by atoms with Gasteiger partial charge in [0, 0.05) is 0 Å². The first-order valence-electron chi connectivity index (χ1n) is 8.13. The molecule has 4 heteroatoms. The number of carbonyl (C=O) groups is 1. The minimum atomic E-state index is -0.300. The Kier molecular flexibility index (Phi) is 7.23. The molecule has 0 aromatic heterocycles. The standard InChI is InChI=1S/C20H23NO2Se/c1-4-23-20(22)19(16(3)24-18-13-9-6-10-14-18)21-15(2)17-11-7-5-8-12-17/h5-16H,4H2,1-3H3/t15-,16?/m0/s1. The van der Waals surface area contributed by atoms with Gasteiger partial charge in [-0.25, -0.2) is 0 Å². The SMILES string of the molecule is CCOC(=O)C(=N[C@@H](C)c1ccccc1)C(C)[Se]c1ccccc1. The summed E-state index contributed by atoms with van der Waals surface area (Å²) in [6, 6.07) is 20.2. The third-order valence-electron chi connectivity index (χ3n) is 3.54. The number of hydrogen-bond acceptors (Lipinski definition) is 3. The number of aliphatic imine (C=N–C) groups is 1. The van der Waals surface area contributed by atoms with Crippen molar-refractivity contribution in [3.63, 3.8) is 0 Å². The summed E-state index contributed by atoms with van der Waals surface area (Å²) in [6.07, 6.45) is 0. The molecule has 0 aliphatic heterocycles. The van der Waals surface area contributed by atoms with Gasteiger partial charge in [-0.3, -0.25) is 0 Å². The van der Waals surface area contributed by atoms with Gasteiger partial charge in [0.2, 0.25) is 0 Å². The summed E-state index contributed by atoms with van der Waals surface area (Å²) in [5, 5.41) is 0. The Morgan fingerprint density at radius 1 is 1.04 bits per heavy atom. The summed E-state index contributed by atoms with van der Waals surface area (Å²) in [5.74, 6) is -0.300. The summed E-state index contributed by atoms with van der Waals surface area (Å²) >= 11 is 0.128. The second-order valence-electron chi connectivity index (χ2n) is 5.39. The first-order chi connectivity index (χ1) is 11.6. The van der Waals surface area contributed by atoms with Gasteiger partial charge >= 0.3 is 150 Å². The molecule has 0 aliphatic rings. The third-order valence-corrected chi connectivity index (χ3v) is 5.89. The molecule has 0 fully saturated rings. The molecule has 2 rings (SSSR count). The number of benzene rings is 2. The molecule has 126 valence electrons. The quantitative estimate of drug-likeness (QED) is 0.413. The van der Waals surface area contributed by atoms with Crippen LogP contribution in [0.4, 0.5) is 0 Å². The molecule has 0 bridgehead atoms. The van der Waals surface area contributed by atoms with Crippen molar-refractivity contribution in [1.82, 2.24) is 0 Å². The van der Waals surface area contributed by atoms with Crippen LogP contribution in [0.25, 0.3) is 0 Å². The maximum absolute atomic E-state index is 12.4. The van der Waals surface area contributed by atoms with E-state index in [1.54, 1.807) is 0 Å². The van der Waals surface area contributed by atoms with Gasteiger partial charge in [0.15, 0.2) is 0 Å². The molecule has 0 spiro atoms. The summed E-state index contributed by atoms with van der Waals surface area (Å²) in [6.45, 7) is 6.25. The predicted octanol–water partition coefficient (Wildman–Crippen LogP) is 3.59. The summed E-state index contributed by atoms with van der Waals surface area (Å²) < 4.78 is 6.49. The van der Waals surface area contributed by atoms with Crippen LogP contribution in [0.2, 0.25) is 4.82 Å². The van der Waals surface area contributed by atoms with E-state index < -0.39 is 0 Å². The van der Waals surface area contributed by atoms with Crippen LogP contribution in [0, 0.1) is 0 Å². The Morgan fingerprint density at radius 2 is 1.62 bits per heavy atom. The fraction of sp³-hybridized carbons (Fsp3) is 0.300. The molecule has 0 N–H and O–H groups in total. The van der Waals surface area contributed by atoms with E-state index in [1.807, 2.05) is 62.4 Å². The van der Waals surface area contributed by atoms with E-state index >= 15 is 0 Å². The number of nitrogens with zero attached hydrogens (tertiary/aromatic N) is 1. The number of hydrogen-bond donors (Lipinski definition) is 0. The zero-order chi connectivity index (χ0) is 17.4. The topological polar surface area (TPSA) is 38.7 Å². The van der Waals surface area contributed by atoms with Crippen LogP contribution in [0.3, 0.4) is 0 Å². The molecule has 2 aromatic rings. The summed E-state index contributed by atoms with van der Waals surface area (Å²) in [4.78, 5) is 17.2. The van der Waals surface area contributed by atoms with E-state index in [0.717, 1.165) is 5.56 Å². The van der Waals surface area contributed by atoms with Crippen LogP contribution in [0.15, 0.2) is 65.7 Å². The number of esters is 1. The van der Waals surface area contributed by atoms with Crippen molar-refractivity contribution in [2.24, 2.45) is 4.99 Å². The Bertz CT molecular complexity index is 671. The number of carbonyl (C=O) groups excluding carboxylic acids is 1. The van der Waals surface area contributed by atoms with Crippen molar-refractivity contribution < 1.29 is 9.53 Å². The zero-order valence-corrected chi connectivity index (χ0v) is 16.0. The second-order valence-corrected chi connectivity index (χ2v) is 8.36. The van der Waals surface area contributed by atoms with E-state index in [9.17, 15) is 4.79 Å². The number of ether oxygens (including phenoxy) is 1. The molecule has 2 atom stereocenters. The Hall–Kier alpha value is -1.90. The van der Waals surface area contributed by atoms with E-state index in [2.05, 4.69) is 19.1 Å². The van der Waals surface area contributed by atoms with Gasteiger partial charge in [-0.1, -0.05) is 0 Å². The van der Waals surface area contributed by atoms with Crippen molar-refractivity contribution in [3.8, 4) is 0 Å². The van der Waals surface area contributed by atoms with Crippen LogP contribution in [0.5, 0.6) is 0 Å². The van der Waals surface area contributed by atoms with Crippen LogP contribution < -0.4 is 4.46 Å². The van der Waals surface area contributed by atoms with Crippen molar-refractivity contribution in [2.75, 3.05) is 6.61 Å². The van der Waals surface area contributed by atoms with E-state index in [4.69, 9.17) is 9.73 Å². The van der Waals surface area contributed by atoms with Gasteiger partial charge in [-0.05, 0) is 0 Å². The summed E-state index contributed by atoms with van der Waals surface area (Å²) in [5.41, 5.74) is 1.63. The number of rotatable bonds is 7. The van der Waals surface area contributed by atoms with Gasteiger partial charge in [0.25, 0.3) is 0 Å². The fourth-order valence-electron chi connectivity index (χ4n) is 2.30. The molecule has 0 aliphatic carbocycles. The molecule has 0 heterocycles. The molecule has 0 amide bonds. The average molecular weight is 388 g/mol. The molecular formula is C20H23NO2Se. The maximum atomic E-state index is 12.4. The van der Waals surface area contributed by atoms with Gasteiger partial charge in [0.05, 0.1) is 0 Å². The molecule has 1 unspecified atom stereocenters. The van der Waals surface area contributed by atoms with E-state index in [0.29, 0.717) is 12.3 Å². The molecular weight excluding hydrogens is 365 g/mol. The van der Waals surface area contributed by atoms with E-state index in [-0.39, 0.29) is 31.8 Å². The normalized spacial score (nSPS) is 14.0. The van der Waals surface area contributed by atoms with Crippen LogP contribution in [-0.2, 0) is 9.53 Å². The zero-order valence-electron chi connectivity index (χ0n) is 14.3. The summed E-state index contributed by atoms with van der Waals surface area (Å²) in [7, 11) is 0. The second kappa shape index (κ2) is 9.41. The average Bonchev–Trinajstić information content (AvgIpc) is 2.61. The predicted molar refractivity (Wildman–Crippen MR) is 100 cm³/mol. The first kappa shape index (κ1) is 18.4. The minimum absolute atomic E-state index is 0.0603. The van der Waals surface area contributed by atoms with Gasteiger partial charge in [-0.2, -0.15) is 0 Å². The molecule has 3 nitrogen and oxygen atoms in total. The van der Waals surface area contributed by atoms with Crippen LogP contribution in [0.1, 0.15) is 32.4 Å². The Morgan fingerprint density at radius 3 is 2.21 bits per heavy atom. The molecule has 0 radical (unpaired) electrons. The van der Waals surface area contributed by atoms with E-state index in [1.165, 1.54) is 4.46 Å².